The summed E-state index contributed by atoms with van der Waals surface area (Å²) in [5.74, 6) is 0. The van der Waals surface area contributed by atoms with Gasteiger partial charge in [0.15, 0.2) is 0 Å². The van der Waals surface area contributed by atoms with E-state index in [0.717, 1.165) is 29.8 Å². The minimum atomic E-state index is -0.109. The van der Waals surface area contributed by atoms with Gasteiger partial charge in [0.1, 0.15) is 0 Å². The van der Waals surface area contributed by atoms with Crippen molar-refractivity contribution >= 4 is 21.6 Å². The number of nitrogens with two attached hydrogens (primary N) is 1. The summed E-state index contributed by atoms with van der Waals surface area (Å²) in [7, 11) is 0. The molecule has 0 aliphatic carbocycles. The predicted octanol–water partition coefficient (Wildman–Crippen LogP) is 3.42. The number of halogens is 1. The van der Waals surface area contributed by atoms with Crippen LogP contribution in [0.4, 0.5) is 5.69 Å². The second-order valence-corrected chi connectivity index (χ2v) is 7.47. The second-order valence-electron chi connectivity index (χ2n) is 6.62. The predicted molar refractivity (Wildman–Crippen MR) is 83.1 cm³/mol. The average Bonchev–Trinajstić information content (AvgIpc) is 2.17. The van der Waals surface area contributed by atoms with Crippen LogP contribution in [0.3, 0.4) is 0 Å². The lowest BCUT2D eigenvalue weighted by Crippen LogP contribution is -2.56. The van der Waals surface area contributed by atoms with Gasteiger partial charge in [-0.25, -0.2) is 0 Å². The zero-order valence-electron chi connectivity index (χ0n) is 12.2. The first-order valence-electron chi connectivity index (χ1n) is 6.63. The number of hydrogen-bond acceptors (Lipinski definition) is 3. The van der Waals surface area contributed by atoms with Crippen molar-refractivity contribution in [1.82, 2.24) is 4.90 Å². The van der Waals surface area contributed by atoms with Crippen LogP contribution in [0.1, 0.15) is 33.3 Å². The maximum Gasteiger partial charge on any atom is 0.0760 e. The van der Waals surface area contributed by atoms with Crippen molar-refractivity contribution in [3.05, 3.63) is 28.2 Å². The lowest BCUT2D eigenvalue weighted by Gasteiger charge is -2.47. The lowest BCUT2D eigenvalue weighted by molar-refractivity contribution is -0.182. The van der Waals surface area contributed by atoms with Crippen LogP contribution in [0.2, 0.25) is 0 Å². The van der Waals surface area contributed by atoms with Crippen molar-refractivity contribution in [2.75, 3.05) is 18.8 Å². The molecule has 1 heterocycles. The number of nitrogens with zero attached hydrogens (tertiary/aromatic N) is 1. The summed E-state index contributed by atoms with van der Waals surface area (Å²) >= 11 is 3.59. The van der Waals surface area contributed by atoms with E-state index in [1.54, 1.807) is 0 Å². The van der Waals surface area contributed by atoms with Gasteiger partial charge in [0, 0.05) is 29.8 Å². The Hall–Kier alpha value is -0.580. The Bertz CT molecular complexity index is 455. The molecule has 1 saturated heterocycles. The molecule has 0 radical (unpaired) electrons. The highest BCUT2D eigenvalue weighted by atomic mass is 79.9. The maximum absolute atomic E-state index is 6.11. The average molecular weight is 327 g/mol. The minimum Gasteiger partial charge on any atom is -0.399 e. The summed E-state index contributed by atoms with van der Waals surface area (Å²) in [6.07, 6.45) is 0. The first-order valence-corrected chi connectivity index (χ1v) is 7.43. The molecule has 0 atom stereocenters. The fourth-order valence-electron chi connectivity index (χ4n) is 2.99. The lowest BCUT2D eigenvalue weighted by atomic mass is 9.98. The van der Waals surface area contributed by atoms with E-state index >= 15 is 0 Å². The monoisotopic (exact) mass is 326 g/mol. The van der Waals surface area contributed by atoms with Crippen LogP contribution in [0, 0.1) is 0 Å². The molecule has 0 aromatic heterocycles. The third kappa shape index (κ3) is 3.94. The Morgan fingerprint density at radius 2 is 1.79 bits per heavy atom. The van der Waals surface area contributed by atoms with Crippen molar-refractivity contribution in [3.63, 3.8) is 0 Å². The molecule has 19 heavy (non-hydrogen) atoms. The molecular formula is C15H23BrN2O. The number of rotatable bonds is 2. The van der Waals surface area contributed by atoms with Crippen molar-refractivity contribution in [2.24, 2.45) is 0 Å². The third-order valence-electron chi connectivity index (χ3n) is 3.23. The van der Waals surface area contributed by atoms with E-state index in [0.29, 0.717) is 0 Å². The van der Waals surface area contributed by atoms with Crippen LogP contribution in [0.5, 0.6) is 0 Å². The SMILES string of the molecule is CC1(C)CN(Cc2ccc(N)cc2Br)CC(C)(C)O1. The van der Waals surface area contributed by atoms with Crippen molar-refractivity contribution in [3.8, 4) is 0 Å². The zero-order chi connectivity index (χ0) is 14.3. The molecule has 0 unspecified atom stereocenters. The highest BCUT2D eigenvalue weighted by Crippen LogP contribution is 2.30. The van der Waals surface area contributed by atoms with Gasteiger partial charge in [0.25, 0.3) is 0 Å². The van der Waals surface area contributed by atoms with Crippen molar-refractivity contribution in [1.29, 1.82) is 0 Å². The molecule has 1 aliphatic heterocycles. The highest BCUT2D eigenvalue weighted by Gasteiger charge is 2.37. The Morgan fingerprint density at radius 3 is 2.32 bits per heavy atom. The van der Waals surface area contributed by atoms with Crippen LogP contribution in [0.15, 0.2) is 22.7 Å². The Labute approximate surface area is 124 Å². The van der Waals surface area contributed by atoms with Gasteiger partial charge in [-0.1, -0.05) is 22.0 Å². The van der Waals surface area contributed by atoms with Crippen molar-refractivity contribution < 1.29 is 4.74 Å². The number of ether oxygens (including phenoxy) is 1. The molecule has 1 aliphatic rings. The highest BCUT2D eigenvalue weighted by molar-refractivity contribution is 9.10. The Balaban J connectivity index is 2.14. The molecule has 4 heteroatoms. The molecule has 1 fully saturated rings. The first kappa shape index (κ1) is 14.8. The molecule has 0 saturated carbocycles. The topological polar surface area (TPSA) is 38.5 Å². The molecule has 1 aromatic carbocycles. The molecule has 0 spiro atoms. The number of nitrogen functional groups attached to an aromatic ring is 1. The summed E-state index contributed by atoms with van der Waals surface area (Å²) < 4.78 is 7.18. The van der Waals surface area contributed by atoms with E-state index in [-0.39, 0.29) is 11.2 Å². The summed E-state index contributed by atoms with van der Waals surface area (Å²) in [6.45, 7) is 11.4. The van der Waals surface area contributed by atoms with Gasteiger partial charge in [-0.15, -0.1) is 0 Å². The molecule has 106 valence electrons. The molecule has 0 amide bonds. The summed E-state index contributed by atoms with van der Waals surface area (Å²) in [4.78, 5) is 2.44. The fourth-order valence-corrected chi connectivity index (χ4v) is 3.51. The zero-order valence-corrected chi connectivity index (χ0v) is 13.8. The Morgan fingerprint density at radius 1 is 1.21 bits per heavy atom. The molecule has 1 aromatic rings. The summed E-state index contributed by atoms with van der Waals surface area (Å²) in [6, 6.07) is 6.01. The van der Waals surface area contributed by atoms with E-state index in [1.165, 1.54) is 5.56 Å². The van der Waals surface area contributed by atoms with Crippen molar-refractivity contribution in [2.45, 2.75) is 45.4 Å². The van der Waals surface area contributed by atoms with Crippen LogP contribution >= 0.6 is 15.9 Å². The molecule has 3 nitrogen and oxygen atoms in total. The first-order chi connectivity index (χ1) is 8.67. The van der Waals surface area contributed by atoms with Gasteiger partial charge in [0.05, 0.1) is 11.2 Å². The van der Waals surface area contributed by atoms with Crippen LogP contribution < -0.4 is 5.73 Å². The molecule has 2 N–H and O–H groups in total. The minimum absolute atomic E-state index is 0.109. The normalized spacial score (nSPS) is 22.4. The number of hydrogen-bond donors (Lipinski definition) is 1. The quantitative estimate of drug-likeness (QED) is 0.846. The summed E-state index contributed by atoms with van der Waals surface area (Å²) in [5, 5.41) is 0. The van der Waals surface area contributed by atoms with Crippen LogP contribution in [-0.4, -0.2) is 29.2 Å². The van der Waals surface area contributed by atoms with Gasteiger partial charge in [-0.2, -0.15) is 0 Å². The van der Waals surface area contributed by atoms with Gasteiger partial charge in [-0.3, -0.25) is 4.90 Å². The van der Waals surface area contributed by atoms with Gasteiger partial charge >= 0.3 is 0 Å². The van der Waals surface area contributed by atoms with E-state index < -0.39 is 0 Å². The largest absolute Gasteiger partial charge is 0.399 e. The van der Waals surface area contributed by atoms with E-state index in [2.05, 4.69) is 54.6 Å². The van der Waals surface area contributed by atoms with Crippen LogP contribution in [-0.2, 0) is 11.3 Å². The summed E-state index contributed by atoms with van der Waals surface area (Å²) in [5.41, 5.74) is 7.62. The van der Waals surface area contributed by atoms with Gasteiger partial charge < -0.3 is 10.5 Å². The second kappa shape index (κ2) is 5.08. The Kier molecular flexibility index (Phi) is 3.96. The van der Waals surface area contributed by atoms with Gasteiger partial charge in [-0.05, 0) is 45.4 Å². The number of anilines is 1. The maximum atomic E-state index is 6.11. The standard InChI is InChI=1S/C15H23BrN2O/c1-14(2)9-18(10-15(3,4)19-14)8-11-5-6-12(17)7-13(11)16/h5-7H,8-10,17H2,1-4H3. The van der Waals surface area contributed by atoms with E-state index in [1.807, 2.05) is 12.1 Å². The molecule has 0 bridgehead atoms. The fraction of sp³-hybridized carbons (Fsp3) is 0.600. The number of morpholine rings is 1. The van der Waals surface area contributed by atoms with Crippen LogP contribution in [0.25, 0.3) is 0 Å². The molecule has 2 rings (SSSR count). The van der Waals surface area contributed by atoms with E-state index in [4.69, 9.17) is 10.5 Å². The number of benzene rings is 1. The smallest absolute Gasteiger partial charge is 0.0760 e. The molecular weight excluding hydrogens is 304 g/mol. The van der Waals surface area contributed by atoms with E-state index in [9.17, 15) is 0 Å². The van der Waals surface area contributed by atoms with Gasteiger partial charge in [0.2, 0.25) is 0 Å². The third-order valence-corrected chi connectivity index (χ3v) is 3.97.